The fourth-order valence-corrected chi connectivity index (χ4v) is 1.93. The van der Waals surface area contributed by atoms with E-state index in [-0.39, 0.29) is 0 Å². The highest BCUT2D eigenvalue weighted by Crippen LogP contribution is 2.28. The molecule has 6 nitrogen and oxygen atoms in total. The lowest BCUT2D eigenvalue weighted by Gasteiger charge is -2.23. The largest absolute Gasteiger partial charge is 0.443 e. The molecule has 0 saturated carbocycles. The molecule has 0 spiro atoms. The average Bonchev–Trinajstić information content (AvgIpc) is 2.50. The summed E-state index contributed by atoms with van der Waals surface area (Å²) in [4.78, 5) is 13.1. The number of amides is 1. The number of nitrogens with zero attached hydrogens (tertiary/aromatic N) is 4. The van der Waals surface area contributed by atoms with E-state index in [2.05, 4.69) is 21.0 Å². The number of aromatic nitrogens is 2. The maximum absolute atomic E-state index is 11.9. The van der Waals surface area contributed by atoms with Gasteiger partial charge >= 0.3 is 6.09 Å². The molecular formula is C11H15BrN4O2. The molecule has 0 saturated heterocycles. The van der Waals surface area contributed by atoms with Gasteiger partial charge in [-0.2, -0.15) is 10.4 Å². The Morgan fingerprint density at radius 3 is 2.50 bits per heavy atom. The third-order valence-corrected chi connectivity index (χ3v) is 2.79. The second-order valence-corrected chi connectivity index (χ2v) is 5.55. The highest BCUT2D eigenvalue weighted by Gasteiger charge is 2.25. The minimum absolute atomic E-state index is 0.348. The van der Waals surface area contributed by atoms with Crippen LogP contribution in [-0.4, -0.2) is 28.5 Å². The molecule has 0 aliphatic rings. The Hall–Kier alpha value is -1.55. The number of ether oxygens (including phenoxy) is 1. The second-order valence-electron chi connectivity index (χ2n) is 4.76. The van der Waals surface area contributed by atoms with Gasteiger partial charge < -0.3 is 4.74 Å². The van der Waals surface area contributed by atoms with Crippen molar-refractivity contribution in [2.75, 3.05) is 11.9 Å². The lowest BCUT2D eigenvalue weighted by Crippen LogP contribution is -2.34. The molecule has 0 unspecified atom stereocenters. The zero-order valence-corrected chi connectivity index (χ0v) is 12.6. The summed E-state index contributed by atoms with van der Waals surface area (Å²) in [6.45, 7) is 5.35. The van der Waals surface area contributed by atoms with Crippen molar-refractivity contribution < 1.29 is 9.53 Å². The van der Waals surface area contributed by atoms with E-state index in [0.717, 1.165) is 0 Å². The van der Waals surface area contributed by atoms with Gasteiger partial charge in [0.15, 0.2) is 11.5 Å². The van der Waals surface area contributed by atoms with Gasteiger partial charge in [-0.3, -0.25) is 9.58 Å². The summed E-state index contributed by atoms with van der Waals surface area (Å²) in [5.41, 5.74) is -0.231. The number of carbonyl (C=O) groups excluding carboxylic acids is 1. The van der Waals surface area contributed by atoms with Gasteiger partial charge in [0.2, 0.25) is 0 Å². The van der Waals surface area contributed by atoms with Crippen molar-refractivity contribution in [1.29, 1.82) is 5.26 Å². The molecule has 1 aromatic heterocycles. The van der Waals surface area contributed by atoms with Gasteiger partial charge in [-0.05, 0) is 36.7 Å². The van der Waals surface area contributed by atoms with Gasteiger partial charge in [-0.15, -0.1) is 0 Å². The molecule has 0 aliphatic carbocycles. The summed E-state index contributed by atoms with van der Waals surface area (Å²) in [5.74, 6) is 0.350. The van der Waals surface area contributed by atoms with Gasteiger partial charge in [0.1, 0.15) is 11.7 Å². The number of anilines is 1. The first-order valence-electron chi connectivity index (χ1n) is 5.26. The number of hydrogen-bond acceptors (Lipinski definition) is 4. The minimum atomic E-state index is -0.579. The van der Waals surface area contributed by atoms with Crippen molar-refractivity contribution >= 4 is 27.8 Å². The summed E-state index contributed by atoms with van der Waals surface area (Å²) in [5, 5.41) is 13.0. The zero-order valence-electron chi connectivity index (χ0n) is 11.0. The lowest BCUT2D eigenvalue weighted by atomic mass is 10.2. The zero-order chi connectivity index (χ0) is 14.1. The summed E-state index contributed by atoms with van der Waals surface area (Å²) < 4.78 is 7.10. The molecule has 0 N–H and O–H groups in total. The normalized spacial score (nSPS) is 10.9. The molecule has 0 aliphatic heterocycles. The molecule has 0 atom stereocenters. The molecule has 1 aromatic rings. The van der Waals surface area contributed by atoms with Gasteiger partial charge in [0.05, 0.1) is 4.47 Å². The van der Waals surface area contributed by atoms with Gasteiger partial charge in [-0.1, -0.05) is 0 Å². The molecule has 1 amide bonds. The standard InChI is InChI=1S/C11H15BrN4O2/c1-11(2,3)18-10(17)15(4)9-8(12)7(6-13)16(5)14-9/h1-5H3. The predicted molar refractivity (Wildman–Crippen MR) is 70.3 cm³/mol. The van der Waals surface area contributed by atoms with Gasteiger partial charge in [0, 0.05) is 14.1 Å². The van der Waals surface area contributed by atoms with E-state index in [1.807, 2.05) is 6.07 Å². The quantitative estimate of drug-likeness (QED) is 0.798. The minimum Gasteiger partial charge on any atom is -0.443 e. The van der Waals surface area contributed by atoms with Crippen molar-refractivity contribution in [1.82, 2.24) is 9.78 Å². The fraction of sp³-hybridized carbons (Fsp3) is 0.545. The molecule has 0 fully saturated rings. The Kier molecular flexibility index (Phi) is 4.02. The first-order valence-corrected chi connectivity index (χ1v) is 6.06. The number of hydrogen-bond donors (Lipinski definition) is 0. The summed E-state index contributed by atoms with van der Waals surface area (Å²) in [7, 11) is 3.18. The topological polar surface area (TPSA) is 71.2 Å². The Labute approximate surface area is 114 Å². The van der Waals surface area contributed by atoms with E-state index in [9.17, 15) is 4.79 Å². The van der Waals surface area contributed by atoms with E-state index < -0.39 is 11.7 Å². The number of nitriles is 1. The van der Waals surface area contributed by atoms with E-state index in [1.54, 1.807) is 34.9 Å². The van der Waals surface area contributed by atoms with Crippen molar-refractivity contribution in [3.05, 3.63) is 10.2 Å². The van der Waals surface area contributed by atoms with Crippen LogP contribution in [-0.2, 0) is 11.8 Å². The SMILES string of the molecule is CN(C(=O)OC(C)(C)C)c1nn(C)c(C#N)c1Br. The third kappa shape index (κ3) is 3.01. The van der Waals surface area contributed by atoms with E-state index in [1.165, 1.54) is 9.58 Å². The van der Waals surface area contributed by atoms with Crippen molar-refractivity contribution in [3.63, 3.8) is 0 Å². The molecule has 0 radical (unpaired) electrons. The molecule has 18 heavy (non-hydrogen) atoms. The molecule has 98 valence electrons. The lowest BCUT2D eigenvalue weighted by molar-refractivity contribution is 0.0588. The number of halogens is 1. The van der Waals surface area contributed by atoms with Crippen LogP contribution in [0.3, 0.4) is 0 Å². The highest BCUT2D eigenvalue weighted by atomic mass is 79.9. The van der Waals surface area contributed by atoms with Crippen LogP contribution in [0.15, 0.2) is 4.47 Å². The Balaban J connectivity index is 3.02. The van der Waals surface area contributed by atoms with Crippen LogP contribution in [0.1, 0.15) is 26.5 Å². The predicted octanol–water partition coefficient (Wildman–Crippen LogP) is 2.43. The van der Waals surface area contributed by atoms with Gasteiger partial charge in [0.25, 0.3) is 0 Å². The fourth-order valence-electron chi connectivity index (χ4n) is 1.24. The number of rotatable bonds is 1. The van der Waals surface area contributed by atoms with Crippen LogP contribution in [0.25, 0.3) is 0 Å². The van der Waals surface area contributed by atoms with Crippen LogP contribution in [0.4, 0.5) is 10.6 Å². The highest BCUT2D eigenvalue weighted by molar-refractivity contribution is 9.10. The molecule has 7 heteroatoms. The first kappa shape index (κ1) is 14.5. The first-order chi connectivity index (χ1) is 8.17. The molecular weight excluding hydrogens is 300 g/mol. The monoisotopic (exact) mass is 314 g/mol. The molecule has 1 heterocycles. The van der Waals surface area contributed by atoms with Crippen LogP contribution in [0.2, 0.25) is 0 Å². The Morgan fingerprint density at radius 1 is 1.56 bits per heavy atom. The Bertz CT molecular complexity index is 510. The summed E-state index contributed by atoms with van der Waals surface area (Å²) in [6, 6.07) is 2.00. The summed E-state index contributed by atoms with van der Waals surface area (Å²) >= 11 is 3.26. The number of aryl methyl sites for hydroxylation is 1. The van der Waals surface area contributed by atoms with E-state index in [4.69, 9.17) is 10.00 Å². The van der Waals surface area contributed by atoms with Crippen molar-refractivity contribution in [2.45, 2.75) is 26.4 Å². The van der Waals surface area contributed by atoms with Crippen molar-refractivity contribution in [2.24, 2.45) is 7.05 Å². The molecule has 0 aromatic carbocycles. The number of carbonyl (C=O) groups is 1. The van der Waals surface area contributed by atoms with Crippen LogP contribution >= 0.6 is 15.9 Å². The third-order valence-electron chi connectivity index (χ3n) is 2.06. The Morgan fingerprint density at radius 2 is 2.11 bits per heavy atom. The second kappa shape index (κ2) is 4.98. The molecule has 1 rings (SSSR count). The average molecular weight is 315 g/mol. The molecule has 0 bridgehead atoms. The van der Waals surface area contributed by atoms with Crippen LogP contribution in [0, 0.1) is 11.3 Å². The van der Waals surface area contributed by atoms with E-state index >= 15 is 0 Å². The maximum Gasteiger partial charge on any atom is 0.415 e. The maximum atomic E-state index is 11.9. The van der Waals surface area contributed by atoms with Crippen LogP contribution in [0.5, 0.6) is 0 Å². The van der Waals surface area contributed by atoms with Crippen molar-refractivity contribution in [3.8, 4) is 6.07 Å². The summed E-state index contributed by atoms with van der Waals surface area (Å²) in [6.07, 6.45) is -0.522. The van der Waals surface area contributed by atoms with Gasteiger partial charge in [-0.25, -0.2) is 4.79 Å². The smallest absolute Gasteiger partial charge is 0.415 e. The van der Waals surface area contributed by atoms with Crippen LogP contribution < -0.4 is 4.90 Å². The van der Waals surface area contributed by atoms with E-state index in [0.29, 0.717) is 16.0 Å².